The number of fused-ring (bicyclic) bond motifs is 1. The van der Waals surface area contributed by atoms with Crippen molar-refractivity contribution in [3.8, 4) is 27.9 Å². The van der Waals surface area contributed by atoms with Crippen LogP contribution in [0, 0.1) is 11.6 Å². The van der Waals surface area contributed by atoms with Crippen LogP contribution in [0.1, 0.15) is 6.92 Å². The van der Waals surface area contributed by atoms with E-state index in [1.807, 2.05) is 28.8 Å². The van der Waals surface area contributed by atoms with Gasteiger partial charge in [-0.05, 0) is 71.3 Å². The minimum absolute atomic E-state index is 0.219. The van der Waals surface area contributed by atoms with Crippen LogP contribution in [0.15, 0.2) is 79.3 Å². The smallest absolute Gasteiger partial charge is 0.221 e. The number of nitrogens with two attached hydrogens (primary N) is 1. The van der Waals surface area contributed by atoms with E-state index >= 15 is 0 Å². The van der Waals surface area contributed by atoms with Gasteiger partial charge < -0.3 is 11.1 Å². The van der Waals surface area contributed by atoms with E-state index in [0.717, 1.165) is 28.2 Å². The summed E-state index contributed by atoms with van der Waals surface area (Å²) in [6, 6.07) is 18.1. The van der Waals surface area contributed by atoms with Crippen LogP contribution in [0.25, 0.3) is 39.0 Å². The maximum Gasteiger partial charge on any atom is 0.221 e. The van der Waals surface area contributed by atoms with E-state index in [-0.39, 0.29) is 11.5 Å². The third kappa shape index (κ3) is 4.09. The number of nitrogens with zero attached hydrogens (tertiary/aromatic N) is 3. The average Bonchev–Trinajstić information content (AvgIpc) is 3.22. The van der Waals surface area contributed by atoms with Gasteiger partial charge in [-0.25, -0.2) is 18.7 Å². The Bertz CT molecular complexity index is 1560. The van der Waals surface area contributed by atoms with Crippen LogP contribution < -0.4 is 11.1 Å². The molecule has 5 rings (SSSR count). The number of benzene rings is 3. The molecule has 0 unspecified atom stereocenters. The van der Waals surface area contributed by atoms with E-state index in [0.29, 0.717) is 22.8 Å². The van der Waals surface area contributed by atoms with Crippen LogP contribution in [0.5, 0.6) is 0 Å². The maximum atomic E-state index is 14.5. The van der Waals surface area contributed by atoms with Crippen LogP contribution in [0.2, 0.25) is 0 Å². The van der Waals surface area contributed by atoms with E-state index in [2.05, 4.69) is 15.3 Å². The van der Waals surface area contributed by atoms with Crippen molar-refractivity contribution in [3.05, 3.63) is 90.9 Å². The Morgan fingerprint density at radius 2 is 1.74 bits per heavy atom. The van der Waals surface area contributed by atoms with Gasteiger partial charge in [0.25, 0.3) is 0 Å². The van der Waals surface area contributed by atoms with E-state index in [4.69, 9.17) is 5.73 Å². The van der Waals surface area contributed by atoms with Gasteiger partial charge in [-0.3, -0.25) is 9.36 Å². The molecule has 6 nitrogen and oxygen atoms in total. The summed E-state index contributed by atoms with van der Waals surface area (Å²) in [5.41, 5.74) is 11.1. The summed E-state index contributed by atoms with van der Waals surface area (Å²) in [7, 11) is 0. The highest BCUT2D eigenvalue weighted by atomic mass is 19.1. The SMILES string of the molecule is CC(=O)Nc1cc(-c2ccc(F)cc2F)cc(-n2cnc3cc(-c4ccnc(N)c4)ccc32)c1. The molecule has 0 saturated carbocycles. The first-order valence-electron chi connectivity index (χ1n) is 10.4. The number of pyridine rings is 1. The van der Waals surface area contributed by atoms with Crippen LogP contribution in [-0.2, 0) is 4.79 Å². The van der Waals surface area contributed by atoms with E-state index in [1.54, 1.807) is 36.8 Å². The molecule has 2 aromatic heterocycles. The Labute approximate surface area is 193 Å². The van der Waals surface area contributed by atoms with Gasteiger partial charge in [0.15, 0.2) is 0 Å². The minimum atomic E-state index is -0.692. The van der Waals surface area contributed by atoms with Crippen molar-refractivity contribution in [2.24, 2.45) is 0 Å². The van der Waals surface area contributed by atoms with Gasteiger partial charge in [-0.1, -0.05) is 6.07 Å². The summed E-state index contributed by atoms with van der Waals surface area (Å²) in [5, 5.41) is 2.75. The van der Waals surface area contributed by atoms with Crippen LogP contribution in [0.3, 0.4) is 0 Å². The number of halogens is 2. The lowest BCUT2D eigenvalue weighted by molar-refractivity contribution is -0.114. The lowest BCUT2D eigenvalue weighted by Gasteiger charge is -2.13. The molecule has 0 aliphatic carbocycles. The van der Waals surface area contributed by atoms with Gasteiger partial charge in [0.1, 0.15) is 23.8 Å². The maximum absolute atomic E-state index is 14.5. The van der Waals surface area contributed by atoms with Crippen molar-refractivity contribution in [1.82, 2.24) is 14.5 Å². The molecule has 0 spiro atoms. The second-order valence-electron chi connectivity index (χ2n) is 7.86. The van der Waals surface area contributed by atoms with Gasteiger partial charge in [0.05, 0.1) is 11.0 Å². The number of aromatic nitrogens is 3. The van der Waals surface area contributed by atoms with Gasteiger partial charge >= 0.3 is 0 Å². The fraction of sp³-hybridized carbons (Fsp3) is 0.0385. The molecular formula is C26H19F2N5O. The predicted octanol–water partition coefficient (Wildman–Crippen LogP) is 5.57. The minimum Gasteiger partial charge on any atom is -0.384 e. The normalized spacial score (nSPS) is 11.0. The zero-order chi connectivity index (χ0) is 23.8. The summed E-state index contributed by atoms with van der Waals surface area (Å²) in [6.07, 6.45) is 3.31. The molecule has 34 heavy (non-hydrogen) atoms. The zero-order valence-electron chi connectivity index (χ0n) is 18.1. The standard InChI is InChI=1S/C26H19F2N5O/c1-15(34)32-20-8-18(22-4-3-19(27)12-23(22)28)9-21(13-20)33-14-31-24-10-16(2-5-25(24)33)17-6-7-30-26(29)11-17/h2-14H,1H3,(H2,29,30)(H,32,34). The van der Waals surface area contributed by atoms with Crippen molar-refractivity contribution < 1.29 is 13.6 Å². The third-order valence-electron chi connectivity index (χ3n) is 5.42. The first kappa shape index (κ1) is 21.3. The summed E-state index contributed by atoms with van der Waals surface area (Å²) in [6.45, 7) is 1.39. The number of amides is 1. The Morgan fingerprint density at radius 1 is 0.912 bits per heavy atom. The first-order valence-corrected chi connectivity index (χ1v) is 10.4. The Balaban J connectivity index is 1.63. The van der Waals surface area contributed by atoms with Crippen LogP contribution in [0.4, 0.5) is 20.3 Å². The van der Waals surface area contributed by atoms with Gasteiger partial charge in [0, 0.05) is 36.1 Å². The molecule has 0 fully saturated rings. The number of carbonyl (C=O) groups is 1. The predicted molar refractivity (Wildman–Crippen MR) is 128 cm³/mol. The molecule has 0 atom stereocenters. The topological polar surface area (TPSA) is 85.8 Å². The number of nitrogens with one attached hydrogen (secondary N) is 1. The molecular weight excluding hydrogens is 436 g/mol. The monoisotopic (exact) mass is 455 g/mol. The number of imidazole rings is 1. The van der Waals surface area contributed by atoms with Crippen molar-refractivity contribution in [2.45, 2.75) is 6.92 Å². The van der Waals surface area contributed by atoms with E-state index in [9.17, 15) is 13.6 Å². The molecule has 0 saturated heterocycles. The van der Waals surface area contributed by atoms with Gasteiger partial charge in [-0.15, -0.1) is 0 Å². The summed E-state index contributed by atoms with van der Waals surface area (Å²) >= 11 is 0. The van der Waals surface area contributed by atoms with Gasteiger partial charge in [-0.2, -0.15) is 0 Å². The number of hydrogen-bond acceptors (Lipinski definition) is 4. The van der Waals surface area contributed by atoms with E-state index < -0.39 is 11.6 Å². The second kappa shape index (κ2) is 8.40. The Hall–Kier alpha value is -4.59. The average molecular weight is 455 g/mol. The summed E-state index contributed by atoms with van der Waals surface area (Å²) in [4.78, 5) is 20.3. The number of hydrogen-bond donors (Lipinski definition) is 2. The van der Waals surface area contributed by atoms with Crippen molar-refractivity contribution >= 4 is 28.4 Å². The number of anilines is 2. The number of carbonyl (C=O) groups excluding carboxylic acids is 1. The molecule has 0 bridgehead atoms. The molecule has 0 aliphatic heterocycles. The molecule has 1 amide bonds. The molecule has 2 heterocycles. The van der Waals surface area contributed by atoms with Crippen molar-refractivity contribution in [2.75, 3.05) is 11.1 Å². The fourth-order valence-electron chi connectivity index (χ4n) is 3.93. The largest absolute Gasteiger partial charge is 0.384 e. The Kier molecular flexibility index (Phi) is 5.25. The molecule has 8 heteroatoms. The third-order valence-corrected chi connectivity index (χ3v) is 5.42. The highest BCUT2D eigenvalue weighted by molar-refractivity contribution is 5.91. The van der Waals surface area contributed by atoms with E-state index in [1.165, 1.54) is 19.1 Å². The molecule has 3 aromatic carbocycles. The summed E-state index contributed by atoms with van der Waals surface area (Å²) in [5.74, 6) is -1.19. The lowest BCUT2D eigenvalue weighted by Crippen LogP contribution is -2.07. The summed E-state index contributed by atoms with van der Waals surface area (Å²) < 4.78 is 29.8. The Morgan fingerprint density at radius 3 is 2.50 bits per heavy atom. The quantitative estimate of drug-likeness (QED) is 0.371. The van der Waals surface area contributed by atoms with Crippen molar-refractivity contribution in [3.63, 3.8) is 0 Å². The van der Waals surface area contributed by atoms with Gasteiger partial charge in [0.2, 0.25) is 5.91 Å². The molecule has 168 valence electrons. The number of rotatable bonds is 4. The fourth-order valence-corrected chi connectivity index (χ4v) is 3.93. The van der Waals surface area contributed by atoms with Crippen molar-refractivity contribution in [1.29, 1.82) is 0 Å². The van der Waals surface area contributed by atoms with Crippen LogP contribution in [-0.4, -0.2) is 20.4 Å². The molecule has 0 radical (unpaired) electrons. The molecule has 0 aliphatic rings. The zero-order valence-corrected chi connectivity index (χ0v) is 18.1. The molecule has 5 aromatic rings. The lowest BCUT2D eigenvalue weighted by atomic mass is 10.0. The highest BCUT2D eigenvalue weighted by Gasteiger charge is 2.13. The second-order valence-corrected chi connectivity index (χ2v) is 7.86. The number of nitrogen functional groups attached to an aromatic ring is 1. The first-order chi connectivity index (χ1) is 16.4. The highest BCUT2D eigenvalue weighted by Crippen LogP contribution is 2.31. The van der Waals surface area contributed by atoms with Crippen LogP contribution >= 0.6 is 0 Å². The molecule has 3 N–H and O–H groups in total.